The normalized spacial score (nSPS) is 13.1. The van der Waals surface area contributed by atoms with Gasteiger partial charge in [-0.1, -0.05) is 34.3 Å². The number of carbonyl (C=O) groups is 1. The van der Waals surface area contributed by atoms with E-state index in [2.05, 4.69) is 10.4 Å². The second-order valence-corrected chi connectivity index (χ2v) is 9.48. The molecule has 0 fully saturated rings. The van der Waals surface area contributed by atoms with Gasteiger partial charge in [0.1, 0.15) is 17.7 Å². The first kappa shape index (κ1) is 26.8. The molecule has 1 N–H and O–H groups in total. The van der Waals surface area contributed by atoms with Crippen LogP contribution in [0.1, 0.15) is 46.8 Å². The average Bonchev–Trinajstić information content (AvgIpc) is 3.22. The number of amides is 1. The van der Waals surface area contributed by atoms with E-state index in [4.69, 9.17) is 4.74 Å². The molecule has 0 bridgehead atoms. The summed E-state index contributed by atoms with van der Waals surface area (Å²) in [7, 11) is 0. The van der Waals surface area contributed by atoms with Crippen LogP contribution in [-0.2, 0) is 4.79 Å². The number of nitrogens with zero attached hydrogens (tertiary/aromatic N) is 2. The molecule has 0 aliphatic heterocycles. The summed E-state index contributed by atoms with van der Waals surface area (Å²) in [4.78, 5) is 12.6. The number of hydrogen-bond donors (Lipinski definition) is 1. The maximum absolute atomic E-state index is 14.0. The quantitative estimate of drug-likeness (QED) is 0.321. The topological polar surface area (TPSA) is 56.1 Å². The summed E-state index contributed by atoms with van der Waals surface area (Å²) in [5.74, 6) is -2.04. The molecule has 0 radical (unpaired) electrons. The molecule has 3 aromatic carbocycles. The first-order chi connectivity index (χ1) is 16.5. The molecule has 0 saturated heterocycles. The molecule has 8 heteroatoms. The molecular formula is C28H30F3N3O2. The van der Waals surface area contributed by atoms with Crippen LogP contribution in [0.4, 0.5) is 13.2 Å². The number of hydrogen-bond acceptors (Lipinski definition) is 3. The highest BCUT2D eigenvalue weighted by Gasteiger charge is 2.29. The Labute approximate surface area is 208 Å². The third-order valence-corrected chi connectivity index (χ3v) is 5.64. The first-order valence-corrected chi connectivity index (χ1v) is 11.2. The highest BCUT2D eigenvalue weighted by atomic mass is 19.2. The van der Waals surface area contributed by atoms with Gasteiger partial charge in [0.2, 0.25) is 5.91 Å². The van der Waals surface area contributed by atoms with Crippen LogP contribution < -0.4 is 10.1 Å². The minimum atomic E-state index is -0.999. The van der Waals surface area contributed by atoms with Crippen molar-refractivity contribution < 1.29 is 22.7 Å². The number of nitrogens with one attached hydrogen (secondary N) is 1. The summed E-state index contributed by atoms with van der Waals surface area (Å²) >= 11 is 0. The van der Waals surface area contributed by atoms with Crippen molar-refractivity contribution >= 4 is 16.8 Å². The van der Waals surface area contributed by atoms with Gasteiger partial charge < -0.3 is 10.1 Å². The van der Waals surface area contributed by atoms with Crippen LogP contribution in [0.15, 0.2) is 66.9 Å². The first-order valence-electron chi connectivity index (χ1n) is 11.2. The van der Waals surface area contributed by atoms with E-state index >= 15 is 0 Å². The largest absolute Gasteiger partial charge is 0.484 e. The van der Waals surface area contributed by atoms with Gasteiger partial charge in [0.15, 0.2) is 11.6 Å². The van der Waals surface area contributed by atoms with Gasteiger partial charge in [-0.3, -0.25) is 4.79 Å². The second-order valence-electron chi connectivity index (χ2n) is 9.48. The lowest BCUT2D eigenvalue weighted by molar-refractivity contribution is -0.129. The van der Waals surface area contributed by atoms with Crippen molar-refractivity contribution in [2.75, 3.05) is 0 Å². The molecule has 4 aromatic rings. The Morgan fingerprint density at radius 2 is 1.67 bits per heavy atom. The Morgan fingerprint density at radius 3 is 2.31 bits per heavy atom. The number of fused-ring (bicyclic) bond motifs is 1. The predicted molar refractivity (Wildman–Crippen MR) is 135 cm³/mol. The lowest BCUT2D eigenvalue weighted by Gasteiger charge is -2.29. The smallest absolute Gasteiger partial charge is 0.225 e. The molecule has 1 amide bonds. The fourth-order valence-corrected chi connectivity index (χ4v) is 3.67. The molecule has 0 aliphatic rings. The molecule has 1 aromatic heterocycles. The molecule has 0 unspecified atom stereocenters. The molecule has 4 rings (SSSR count). The molecule has 0 aliphatic carbocycles. The summed E-state index contributed by atoms with van der Waals surface area (Å²) in [5, 5.41) is 8.07. The molecule has 0 saturated carbocycles. The molecule has 2 atom stereocenters. The van der Waals surface area contributed by atoms with Gasteiger partial charge in [-0.25, -0.2) is 17.9 Å². The summed E-state index contributed by atoms with van der Waals surface area (Å²) < 4.78 is 48.8. The van der Waals surface area contributed by atoms with Crippen LogP contribution in [0.3, 0.4) is 0 Å². The van der Waals surface area contributed by atoms with Crippen molar-refractivity contribution in [3.05, 3.63) is 89.9 Å². The van der Waals surface area contributed by atoms with E-state index in [0.29, 0.717) is 17.0 Å². The molecular weight excluding hydrogens is 467 g/mol. The Bertz CT molecular complexity index is 1360. The highest BCUT2D eigenvalue weighted by Crippen LogP contribution is 2.30. The van der Waals surface area contributed by atoms with E-state index in [1.807, 2.05) is 6.07 Å². The van der Waals surface area contributed by atoms with Crippen molar-refractivity contribution in [2.45, 2.75) is 47.3 Å². The second kappa shape index (κ2) is 10.4. The third-order valence-electron chi connectivity index (χ3n) is 5.64. The van der Waals surface area contributed by atoms with Crippen molar-refractivity contribution in [1.82, 2.24) is 15.1 Å². The van der Waals surface area contributed by atoms with Crippen molar-refractivity contribution in [2.24, 2.45) is 5.41 Å². The molecule has 0 spiro atoms. The van der Waals surface area contributed by atoms with Crippen molar-refractivity contribution in [3.63, 3.8) is 0 Å². The van der Waals surface area contributed by atoms with Crippen LogP contribution in [0, 0.1) is 22.9 Å². The Kier molecular flexibility index (Phi) is 7.77. The number of aromatic nitrogens is 2. The predicted octanol–water partition coefficient (Wildman–Crippen LogP) is 6.75. The Balaban J connectivity index is 0.00000361. The van der Waals surface area contributed by atoms with Crippen LogP contribution in [0.2, 0.25) is 0 Å². The molecule has 190 valence electrons. The monoisotopic (exact) mass is 497 g/mol. The van der Waals surface area contributed by atoms with E-state index in [9.17, 15) is 18.0 Å². The fraction of sp³-hybridized carbons (Fsp3) is 0.286. The van der Waals surface area contributed by atoms with E-state index in [1.165, 1.54) is 18.2 Å². The number of carbonyl (C=O) groups excluding carboxylic acids is 1. The van der Waals surface area contributed by atoms with Gasteiger partial charge in [0, 0.05) is 10.8 Å². The Morgan fingerprint density at radius 1 is 0.972 bits per heavy atom. The lowest BCUT2D eigenvalue weighted by Crippen LogP contribution is -2.44. The zero-order valence-corrected chi connectivity index (χ0v) is 19.9. The molecule has 5 nitrogen and oxygen atoms in total. The maximum Gasteiger partial charge on any atom is 0.225 e. The number of rotatable bonds is 6. The van der Waals surface area contributed by atoms with E-state index in [1.54, 1.807) is 62.8 Å². The van der Waals surface area contributed by atoms with Gasteiger partial charge in [-0.2, -0.15) is 5.10 Å². The SMILES string of the molecule is C.C[C@H](NC(=O)C(C)(C)C)[C@H](Oc1ccc2c(cnn2-c2ccc(F)cc2)c1)c1ccc(F)c(F)c1. The highest BCUT2D eigenvalue weighted by molar-refractivity contribution is 5.82. The van der Waals surface area contributed by atoms with E-state index < -0.39 is 29.2 Å². The van der Waals surface area contributed by atoms with Crippen LogP contribution in [-0.4, -0.2) is 21.7 Å². The zero-order valence-electron chi connectivity index (χ0n) is 19.9. The average molecular weight is 498 g/mol. The van der Waals surface area contributed by atoms with Gasteiger partial charge >= 0.3 is 0 Å². The maximum atomic E-state index is 14.0. The summed E-state index contributed by atoms with van der Waals surface area (Å²) in [6.45, 7) is 7.11. The summed E-state index contributed by atoms with van der Waals surface area (Å²) in [6, 6.07) is 14.3. The minimum absolute atomic E-state index is 0. The van der Waals surface area contributed by atoms with E-state index in [0.717, 1.165) is 23.0 Å². The molecule has 1 heterocycles. The van der Waals surface area contributed by atoms with Gasteiger partial charge in [-0.15, -0.1) is 0 Å². The third kappa shape index (κ3) is 5.70. The van der Waals surface area contributed by atoms with Crippen molar-refractivity contribution in [3.8, 4) is 11.4 Å². The van der Waals surface area contributed by atoms with Crippen molar-refractivity contribution in [1.29, 1.82) is 0 Å². The van der Waals surface area contributed by atoms with Gasteiger partial charge in [0.25, 0.3) is 0 Å². The van der Waals surface area contributed by atoms with Crippen LogP contribution >= 0.6 is 0 Å². The summed E-state index contributed by atoms with van der Waals surface area (Å²) in [5.41, 5.74) is 1.23. The van der Waals surface area contributed by atoms with Crippen LogP contribution in [0.5, 0.6) is 5.75 Å². The number of benzene rings is 3. The van der Waals surface area contributed by atoms with Gasteiger partial charge in [-0.05, 0) is 67.1 Å². The number of halogens is 3. The zero-order chi connectivity index (χ0) is 25.3. The Hall–Kier alpha value is -3.81. The standard InChI is InChI=1S/C27H26F3N3O2.CH4/c1-16(32-26(34)27(2,3)4)25(17-5-11-22(29)23(30)14-17)35-21-10-12-24-18(13-21)15-31-33(24)20-8-6-19(28)7-9-20;/h5-16,25H,1-4H3,(H,32,34);1H4/t16-,25-;/m0./s1. The number of ether oxygens (including phenoxy) is 1. The molecule has 36 heavy (non-hydrogen) atoms. The lowest BCUT2D eigenvalue weighted by atomic mass is 9.94. The van der Waals surface area contributed by atoms with Gasteiger partial charge in [0.05, 0.1) is 23.4 Å². The van der Waals surface area contributed by atoms with Crippen LogP contribution in [0.25, 0.3) is 16.6 Å². The van der Waals surface area contributed by atoms with E-state index in [-0.39, 0.29) is 19.2 Å². The fourth-order valence-electron chi connectivity index (χ4n) is 3.67. The summed E-state index contributed by atoms with van der Waals surface area (Å²) in [6.07, 6.45) is 0.865. The minimum Gasteiger partial charge on any atom is -0.484 e.